The van der Waals surface area contributed by atoms with Gasteiger partial charge in [-0.3, -0.25) is 9.69 Å². The summed E-state index contributed by atoms with van der Waals surface area (Å²) < 4.78 is 0. The third kappa shape index (κ3) is 3.49. The second-order valence-electron chi connectivity index (χ2n) is 5.89. The van der Waals surface area contributed by atoms with Gasteiger partial charge in [0.15, 0.2) is 0 Å². The van der Waals surface area contributed by atoms with Gasteiger partial charge in [0.05, 0.1) is 18.7 Å². The average molecular weight is 264 g/mol. The Balaban J connectivity index is 1.83. The molecule has 0 aromatic carbocycles. The highest BCUT2D eigenvalue weighted by molar-refractivity contribution is 5.79. The molecule has 0 unspecified atom stereocenters. The number of hydrogen-bond donors (Lipinski definition) is 2. The molecule has 4 heteroatoms. The fraction of sp³-hybridized carbons (Fsp3) is 0.800. The smallest absolute Gasteiger partial charge is 0.223 e. The Morgan fingerprint density at radius 3 is 2.53 bits per heavy atom. The molecule has 2 fully saturated rings. The third-order valence-corrected chi connectivity index (χ3v) is 4.52. The van der Waals surface area contributed by atoms with Gasteiger partial charge in [0.25, 0.3) is 0 Å². The first-order valence-electron chi connectivity index (χ1n) is 7.28. The minimum absolute atomic E-state index is 0.0642. The van der Waals surface area contributed by atoms with Crippen molar-refractivity contribution in [1.29, 1.82) is 0 Å². The van der Waals surface area contributed by atoms with Crippen molar-refractivity contribution in [3.8, 4) is 12.3 Å². The summed E-state index contributed by atoms with van der Waals surface area (Å²) in [6.45, 7) is 2.53. The molecule has 0 aromatic heterocycles. The van der Waals surface area contributed by atoms with Crippen LogP contribution in [0.4, 0.5) is 0 Å². The fourth-order valence-corrected chi connectivity index (χ4v) is 3.22. The molecule has 1 aliphatic carbocycles. The van der Waals surface area contributed by atoms with E-state index in [1.54, 1.807) is 0 Å². The van der Waals surface area contributed by atoms with E-state index in [1.807, 2.05) is 0 Å². The van der Waals surface area contributed by atoms with E-state index in [4.69, 9.17) is 6.42 Å². The number of carbonyl (C=O) groups is 1. The maximum atomic E-state index is 12.3. The quantitative estimate of drug-likeness (QED) is 0.737. The van der Waals surface area contributed by atoms with Gasteiger partial charge in [0.1, 0.15) is 0 Å². The Hall–Kier alpha value is -1.05. The van der Waals surface area contributed by atoms with Gasteiger partial charge in [-0.05, 0) is 38.8 Å². The summed E-state index contributed by atoms with van der Waals surface area (Å²) in [7, 11) is 0. The number of nitrogens with zero attached hydrogens (tertiary/aromatic N) is 1. The van der Waals surface area contributed by atoms with Crippen LogP contribution >= 0.6 is 0 Å². The molecule has 2 rings (SSSR count). The van der Waals surface area contributed by atoms with Crippen molar-refractivity contribution in [1.82, 2.24) is 10.2 Å². The molecule has 1 amide bonds. The standard InChI is InChI=1S/C15H24N2O2/c1-2-9-17-10-5-13(6-11-17)14(19)16-15(12-18)7-3-4-8-15/h1,13,18H,3-12H2,(H,16,19). The van der Waals surface area contributed by atoms with Crippen LogP contribution in [0.5, 0.6) is 0 Å². The largest absolute Gasteiger partial charge is 0.394 e. The van der Waals surface area contributed by atoms with Crippen molar-refractivity contribution in [2.24, 2.45) is 5.92 Å². The molecule has 0 spiro atoms. The summed E-state index contributed by atoms with van der Waals surface area (Å²) in [5.74, 6) is 2.85. The molecule has 19 heavy (non-hydrogen) atoms. The van der Waals surface area contributed by atoms with E-state index in [2.05, 4.69) is 16.1 Å². The number of piperidine rings is 1. The zero-order chi connectivity index (χ0) is 13.7. The van der Waals surface area contributed by atoms with E-state index in [1.165, 1.54) is 0 Å². The van der Waals surface area contributed by atoms with Gasteiger partial charge in [-0.15, -0.1) is 6.42 Å². The second kappa shape index (κ2) is 6.40. The van der Waals surface area contributed by atoms with Crippen LogP contribution in [0.3, 0.4) is 0 Å². The predicted octanol–water partition coefficient (Wildman–Crippen LogP) is 0.753. The van der Waals surface area contributed by atoms with E-state index >= 15 is 0 Å². The van der Waals surface area contributed by atoms with Gasteiger partial charge in [0.2, 0.25) is 5.91 Å². The third-order valence-electron chi connectivity index (χ3n) is 4.52. The molecular weight excluding hydrogens is 240 g/mol. The molecule has 2 N–H and O–H groups in total. The Kier molecular flexibility index (Phi) is 4.84. The molecular formula is C15H24N2O2. The molecule has 0 aromatic rings. The molecule has 0 radical (unpaired) electrons. The predicted molar refractivity (Wildman–Crippen MR) is 74.4 cm³/mol. The lowest BCUT2D eigenvalue weighted by atomic mass is 9.92. The minimum atomic E-state index is -0.340. The average Bonchev–Trinajstić information content (AvgIpc) is 2.89. The van der Waals surface area contributed by atoms with Crippen molar-refractivity contribution < 1.29 is 9.90 Å². The minimum Gasteiger partial charge on any atom is -0.394 e. The Labute approximate surface area is 115 Å². The van der Waals surface area contributed by atoms with E-state index in [0.717, 1.165) is 51.6 Å². The van der Waals surface area contributed by atoms with Crippen LogP contribution in [-0.4, -0.2) is 47.7 Å². The number of terminal acetylenes is 1. The monoisotopic (exact) mass is 264 g/mol. The van der Waals surface area contributed by atoms with Crippen LogP contribution in [0, 0.1) is 18.3 Å². The van der Waals surface area contributed by atoms with Crippen LogP contribution in [-0.2, 0) is 4.79 Å². The number of hydrogen-bond acceptors (Lipinski definition) is 3. The molecule has 1 aliphatic heterocycles. The van der Waals surface area contributed by atoms with E-state index in [0.29, 0.717) is 6.54 Å². The highest BCUT2D eigenvalue weighted by atomic mass is 16.3. The lowest BCUT2D eigenvalue weighted by Gasteiger charge is -2.34. The van der Waals surface area contributed by atoms with Crippen LogP contribution < -0.4 is 5.32 Å². The SMILES string of the molecule is C#CCN1CCC(C(=O)NC2(CO)CCCC2)CC1. The molecule has 1 heterocycles. The van der Waals surface area contributed by atoms with Gasteiger partial charge >= 0.3 is 0 Å². The second-order valence-corrected chi connectivity index (χ2v) is 5.89. The molecule has 1 saturated carbocycles. The lowest BCUT2D eigenvalue weighted by Crippen LogP contribution is -2.52. The molecule has 0 atom stereocenters. The molecule has 1 saturated heterocycles. The number of amides is 1. The summed E-state index contributed by atoms with van der Waals surface area (Å²) in [5, 5.41) is 12.6. The van der Waals surface area contributed by atoms with Gasteiger partial charge in [-0.2, -0.15) is 0 Å². The maximum Gasteiger partial charge on any atom is 0.223 e. The Morgan fingerprint density at radius 2 is 2.00 bits per heavy atom. The van der Waals surface area contributed by atoms with E-state index in [9.17, 15) is 9.90 Å². The molecule has 0 bridgehead atoms. The summed E-state index contributed by atoms with van der Waals surface area (Å²) in [5.41, 5.74) is -0.340. The van der Waals surface area contributed by atoms with E-state index < -0.39 is 0 Å². The number of aliphatic hydroxyl groups excluding tert-OH is 1. The number of aliphatic hydroxyl groups is 1. The van der Waals surface area contributed by atoms with Crippen molar-refractivity contribution in [2.45, 2.75) is 44.1 Å². The lowest BCUT2D eigenvalue weighted by molar-refractivity contribution is -0.129. The fourth-order valence-electron chi connectivity index (χ4n) is 3.22. The number of nitrogens with one attached hydrogen (secondary N) is 1. The number of carbonyl (C=O) groups excluding carboxylic acids is 1. The first-order chi connectivity index (χ1) is 9.19. The zero-order valence-electron chi connectivity index (χ0n) is 11.5. The highest BCUT2D eigenvalue weighted by Crippen LogP contribution is 2.30. The number of likely N-dealkylation sites (tertiary alicyclic amines) is 1. The van der Waals surface area contributed by atoms with Crippen LogP contribution in [0.1, 0.15) is 38.5 Å². The first-order valence-corrected chi connectivity index (χ1v) is 7.28. The van der Waals surface area contributed by atoms with Gasteiger partial charge in [-0.1, -0.05) is 18.8 Å². The molecule has 2 aliphatic rings. The van der Waals surface area contributed by atoms with Crippen LogP contribution in [0.2, 0.25) is 0 Å². The molecule has 4 nitrogen and oxygen atoms in total. The van der Waals surface area contributed by atoms with Crippen LogP contribution in [0.25, 0.3) is 0 Å². The summed E-state index contributed by atoms with van der Waals surface area (Å²) in [6, 6.07) is 0. The van der Waals surface area contributed by atoms with E-state index in [-0.39, 0.29) is 24.0 Å². The number of rotatable bonds is 4. The summed E-state index contributed by atoms with van der Waals surface area (Å²) in [6.07, 6.45) is 11.1. The topological polar surface area (TPSA) is 52.6 Å². The van der Waals surface area contributed by atoms with Gasteiger partial charge in [-0.25, -0.2) is 0 Å². The maximum absolute atomic E-state index is 12.3. The molecule has 106 valence electrons. The van der Waals surface area contributed by atoms with Crippen LogP contribution in [0.15, 0.2) is 0 Å². The van der Waals surface area contributed by atoms with Gasteiger partial charge < -0.3 is 10.4 Å². The Morgan fingerprint density at radius 1 is 1.37 bits per heavy atom. The highest BCUT2D eigenvalue weighted by Gasteiger charge is 2.36. The van der Waals surface area contributed by atoms with Crippen molar-refractivity contribution in [2.75, 3.05) is 26.2 Å². The van der Waals surface area contributed by atoms with Gasteiger partial charge in [0, 0.05) is 5.92 Å². The van der Waals surface area contributed by atoms with Crippen molar-refractivity contribution in [3.05, 3.63) is 0 Å². The summed E-state index contributed by atoms with van der Waals surface area (Å²) >= 11 is 0. The normalized spacial score (nSPS) is 24.0. The van der Waals surface area contributed by atoms with Crippen molar-refractivity contribution >= 4 is 5.91 Å². The first kappa shape index (κ1) is 14.4. The summed E-state index contributed by atoms with van der Waals surface area (Å²) in [4.78, 5) is 14.5. The van der Waals surface area contributed by atoms with Crippen molar-refractivity contribution in [3.63, 3.8) is 0 Å². The Bertz CT molecular complexity index is 348. The zero-order valence-corrected chi connectivity index (χ0v) is 11.5.